The Balaban J connectivity index is 2.67. The van der Waals surface area contributed by atoms with E-state index in [0.29, 0.717) is 21.6 Å². The van der Waals surface area contributed by atoms with Crippen LogP contribution in [0, 0.1) is 5.41 Å². The molecule has 1 N–H and O–H groups in total. The predicted octanol–water partition coefficient (Wildman–Crippen LogP) is 5.17. The van der Waals surface area contributed by atoms with Gasteiger partial charge in [-0.1, -0.05) is 55.6 Å². The Hall–Kier alpha value is 0.0500. The highest BCUT2D eigenvalue weighted by atomic mass is 35.5. The largest absolute Gasteiger partial charge is 0.312 e. The van der Waals surface area contributed by atoms with E-state index in [1.165, 1.54) is 0 Å². The highest BCUT2D eigenvalue weighted by Gasteiger charge is 2.15. The van der Waals surface area contributed by atoms with E-state index in [-0.39, 0.29) is 5.41 Å². The fourth-order valence-corrected chi connectivity index (χ4v) is 2.06. The summed E-state index contributed by atoms with van der Waals surface area (Å²) < 4.78 is 0. The normalized spacial score (nSPS) is 11.9. The van der Waals surface area contributed by atoms with E-state index in [0.717, 1.165) is 18.5 Å². The van der Waals surface area contributed by atoms with Gasteiger partial charge in [0.25, 0.3) is 0 Å². The lowest BCUT2D eigenvalue weighted by Crippen LogP contribution is -2.28. The van der Waals surface area contributed by atoms with Crippen LogP contribution in [0.1, 0.15) is 32.8 Å². The Kier molecular flexibility index (Phi) is 5.59. The van der Waals surface area contributed by atoms with Crippen molar-refractivity contribution in [3.05, 3.63) is 32.8 Å². The molecule has 0 saturated heterocycles. The van der Waals surface area contributed by atoms with Gasteiger partial charge in [0.2, 0.25) is 0 Å². The number of benzene rings is 1. The van der Waals surface area contributed by atoms with Gasteiger partial charge in [0.05, 0.1) is 10.0 Å². The third-order valence-electron chi connectivity index (χ3n) is 3.00. The third kappa shape index (κ3) is 4.33. The minimum Gasteiger partial charge on any atom is -0.312 e. The molecule has 0 bridgehead atoms. The summed E-state index contributed by atoms with van der Waals surface area (Å²) in [5.74, 6) is 0. The van der Waals surface area contributed by atoms with Gasteiger partial charge in [-0.15, -0.1) is 0 Å². The van der Waals surface area contributed by atoms with Crippen LogP contribution in [0.25, 0.3) is 0 Å². The maximum atomic E-state index is 6.13. The van der Waals surface area contributed by atoms with Crippen LogP contribution in [-0.2, 0) is 6.54 Å². The molecule has 0 aromatic heterocycles. The highest BCUT2D eigenvalue weighted by molar-refractivity contribution is 6.44. The molecular formula is C13H18Cl3N. The maximum Gasteiger partial charge on any atom is 0.0652 e. The molecule has 4 heteroatoms. The van der Waals surface area contributed by atoms with Crippen LogP contribution in [0.15, 0.2) is 12.1 Å². The summed E-state index contributed by atoms with van der Waals surface area (Å²) in [4.78, 5) is 0. The lowest BCUT2D eigenvalue weighted by Gasteiger charge is -2.23. The van der Waals surface area contributed by atoms with Crippen molar-refractivity contribution < 1.29 is 0 Å². The smallest absolute Gasteiger partial charge is 0.0652 e. The van der Waals surface area contributed by atoms with Gasteiger partial charge in [-0.2, -0.15) is 0 Å². The van der Waals surface area contributed by atoms with Gasteiger partial charge in [0.1, 0.15) is 0 Å². The average molecular weight is 295 g/mol. The molecule has 0 spiro atoms. The number of nitrogens with one attached hydrogen (secondary N) is 1. The molecule has 96 valence electrons. The van der Waals surface area contributed by atoms with Gasteiger partial charge >= 0.3 is 0 Å². The molecule has 1 aromatic carbocycles. The molecule has 0 heterocycles. The summed E-state index contributed by atoms with van der Waals surface area (Å²) in [6.07, 6.45) is 1.12. The molecule has 17 heavy (non-hydrogen) atoms. The second kappa shape index (κ2) is 6.29. The van der Waals surface area contributed by atoms with Crippen molar-refractivity contribution in [1.29, 1.82) is 0 Å². The van der Waals surface area contributed by atoms with Gasteiger partial charge in [-0.3, -0.25) is 0 Å². The second-order valence-corrected chi connectivity index (χ2v) is 6.14. The Bertz CT molecular complexity index is 388. The summed E-state index contributed by atoms with van der Waals surface area (Å²) in [7, 11) is 0. The molecule has 0 radical (unpaired) electrons. The fraction of sp³-hybridized carbons (Fsp3) is 0.538. The number of hydrogen-bond acceptors (Lipinski definition) is 1. The summed E-state index contributed by atoms with van der Waals surface area (Å²) >= 11 is 18.2. The van der Waals surface area contributed by atoms with Crippen LogP contribution in [0.4, 0.5) is 0 Å². The molecule has 1 rings (SSSR count). The van der Waals surface area contributed by atoms with E-state index in [1.807, 2.05) is 0 Å². The molecule has 0 atom stereocenters. The van der Waals surface area contributed by atoms with Gasteiger partial charge in [0.15, 0.2) is 0 Å². The molecular weight excluding hydrogens is 277 g/mol. The monoisotopic (exact) mass is 293 g/mol. The van der Waals surface area contributed by atoms with Gasteiger partial charge < -0.3 is 5.32 Å². The molecule has 0 amide bonds. The Labute approximate surface area is 118 Å². The van der Waals surface area contributed by atoms with Gasteiger partial charge in [0, 0.05) is 23.7 Å². The van der Waals surface area contributed by atoms with Crippen molar-refractivity contribution in [2.24, 2.45) is 5.41 Å². The van der Waals surface area contributed by atoms with Crippen molar-refractivity contribution in [3.63, 3.8) is 0 Å². The lowest BCUT2D eigenvalue weighted by atomic mass is 9.90. The first kappa shape index (κ1) is 15.1. The Morgan fingerprint density at radius 2 is 1.71 bits per heavy atom. The van der Waals surface area contributed by atoms with E-state index in [4.69, 9.17) is 34.8 Å². The van der Waals surface area contributed by atoms with Gasteiger partial charge in [-0.25, -0.2) is 0 Å². The van der Waals surface area contributed by atoms with Crippen molar-refractivity contribution in [2.75, 3.05) is 6.54 Å². The standard InChI is InChI=1S/C13H18Cl3N/c1-4-13(2,3)8-17-7-9-10(14)5-6-11(15)12(9)16/h5-6,17H,4,7-8H2,1-3H3. The number of rotatable bonds is 5. The van der Waals surface area contributed by atoms with E-state index in [2.05, 4.69) is 26.1 Å². The van der Waals surface area contributed by atoms with Crippen LogP contribution >= 0.6 is 34.8 Å². The highest BCUT2D eigenvalue weighted by Crippen LogP contribution is 2.31. The Morgan fingerprint density at radius 1 is 1.12 bits per heavy atom. The summed E-state index contributed by atoms with van der Waals surface area (Å²) in [6, 6.07) is 3.49. The van der Waals surface area contributed by atoms with E-state index >= 15 is 0 Å². The van der Waals surface area contributed by atoms with Crippen LogP contribution in [-0.4, -0.2) is 6.54 Å². The first-order chi connectivity index (χ1) is 7.87. The van der Waals surface area contributed by atoms with E-state index in [9.17, 15) is 0 Å². The fourth-order valence-electron chi connectivity index (χ4n) is 1.38. The lowest BCUT2D eigenvalue weighted by molar-refractivity contribution is 0.328. The van der Waals surface area contributed by atoms with Crippen molar-refractivity contribution >= 4 is 34.8 Å². The minimum atomic E-state index is 0.275. The zero-order chi connectivity index (χ0) is 13.1. The Morgan fingerprint density at radius 3 is 2.29 bits per heavy atom. The van der Waals surface area contributed by atoms with Crippen molar-refractivity contribution in [2.45, 2.75) is 33.7 Å². The molecule has 0 aliphatic carbocycles. The number of halogens is 3. The predicted molar refractivity (Wildman–Crippen MR) is 77.3 cm³/mol. The molecule has 1 nitrogen and oxygen atoms in total. The molecule has 0 unspecified atom stereocenters. The topological polar surface area (TPSA) is 12.0 Å². The third-order valence-corrected chi connectivity index (χ3v) is 4.20. The second-order valence-electron chi connectivity index (χ2n) is 4.94. The molecule has 0 saturated carbocycles. The molecule has 0 aliphatic rings. The van der Waals surface area contributed by atoms with Crippen LogP contribution in [0.5, 0.6) is 0 Å². The SMILES string of the molecule is CCC(C)(C)CNCc1c(Cl)ccc(Cl)c1Cl. The summed E-state index contributed by atoms with van der Waals surface area (Å²) in [5, 5.41) is 5.11. The summed E-state index contributed by atoms with van der Waals surface area (Å²) in [5.41, 5.74) is 1.14. The maximum absolute atomic E-state index is 6.13. The van der Waals surface area contributed by atoms with Crippen LogP contribution < -0.4 is 5.32 Å². The zero-order valence-electron chi connectivity index (χ0n) is 10.4. The summed E-state index contributed by atoms with van der Waals surface area (Å²) in [6.45, 7) is 8.19. The first-order valence-electron chi connectivity index (χ1n) is 5.70. The van der Waals surface area contributed by atoms with Crippen LogP contribution in [0.3, 0.4) is 0 Å². The first-order valence-corrected chi connectivity index (χ1v) is 6.84. The zero-order valence-corrected chi connectivity index (χ0v) is 12.7. The van der Waals surface area contributed by atoms with Gasteiger partial charge in [-0.05, 0) is 24.0 Å². The number of hydrogen-bond donors (Lipinski definition) is 1. The minimum absolute atomic E-state index is 0.275. The van der Waals surface area contributed by atoms with Crippen LogP contribution in [0.2, 0.25) is 15.1 Å². The quantitative estimate of drug-likeness (QED) is 0.739. The van der Waals surface area contributed by atoms with E-state index < -0.39 is 0 Å². The van der Waals surface area contributed by atoms with E-state index in [1.54, 1.807) is 12.1 Å². The average Bonchev–Trinajstić information content (AvgIpc) is 2.28. The molecule has 1 aromatic rings. The van der Waals surface area contributed by atoms with Crippen molar-refractivity contribution in [3.8, 4) is 0 Å². The van der Waals surface area contributed by atoms with Crippen molar-refractivity contribution in [1.82, 2.24) is 5.32 Å². The molecule has 0 fully saturated rings. The molecule has 0 aliphatic heterocycles.